The van der Waals surface area contributed by atoms with Gasteiger partial charge in [-0.1, -0.05) is 41.9 Å². The lowest BCUT2D eigenvalue weighted by Gasteiger charge is -2.26. The third kappa shape index (κ3) is 5.38. The van der Waals surface area contributed by atoms with E-state index in [0.717, 1.165) is 15.6 Å². The number of aliphatic carboxylic acids is 1. The summed E-state index contributed by atoms with van der Waals surface area (Å²) in [7, 11) is 0. The molecule has 3 rings (SSSR count). The fraction of sp³-hybridized carbons (Fsp3) is 0.150. The molecule has 1 aliphatic rings. The number of rotatable bonds is 7. The molecule has 0 radical (unpaired) electrons. The molecule has 9 nitrogen and oxygen atoms in total. The van der Waals surface area contributed by atoms with E-state index in [1.807, 2.05) is 30.3 Å². The maximum atomic E-state index is 13.5. The number of hydrogen-bond acceptors (Lipinski definition) is 6. The van der Waals surface area contributed by atoms with E-state index < -0.39 is 29.7 Å². The van der Waals surface area contributed by atoms with E-state index in [2.05, 4.69) is 10.7 Å². The Bertz CT molecular complexity index is 1080. The summed E-state index contributed by atoms with van der Waals surface area (Å²) in [5.41, 5.74) is 3.02. The molecule has 2 aromatic rings. The first kappa shape index (κ1) is 23.1. The average molecular weight is 465 g/mol. The van der Waals surface area contributed by atoms with E-state index in [9.17, 15) is 23.5 Å². The van der Waals surface area contributed by atoms with Gasteiger partial charge < -0.3 is 10.4 Å². The van der Waals surface area contributed by atoms with Crippen molar-refractivity contribution >= 4 is 29.3 Å². The normalized spacial score (nSPS) is 15.3. The second-order valence-electron chi connectivity index (χ2n) is 6.83. The molecule has 0 saturated carbocycles. The van der Waals surface area contributed by atoms with Crippen LogP contribution in [0.15, 0.2) is 54.2 Å². The van der Waals surface area contributed by atoms with Crippen LogP contribution in [-0.2, 0) is 11.3 Å². The Hall–Kier alpha value is -3.54. The lowest BCUT2D eigenvalue weighted by molar-refractivity contribution is -0.134. The molecule has 1 heterocycles. The van der Waals surface area contributed by atoms with Gasteiger partial charge >= 0.3 is 5.97 Å². The molecular formula is C20H19ClF2N6O3. The predicted octanol–water partition coefficient (Wildman–Crippen LogP) is 1.82. The third-order valence-corrected chi connectivity index (χ3v) is 4.83. The van der Waals surface area contributed by atoms with Gasteiger partial charge in [0.1, 0.15) is 17.7 Å². The van der Waals surface area contributed by atoms with E-state index in [1.54, 1.807) is 0 Å². The van der Waals surface area contributed by atoms with Crippen molar-refractivity contribution in [2.24, 2.45) is 5.84 Å². The summed E-state index contributed by atoms with van der Waals surface area (Å²) in [6, 6.07) is 10.5. The van der Waals surface area contributed by atoms with Gasteiger partial charge in [-0.15, -0.1) is 0 Å². The molecule has 1 atom stereocenters. The Balaban J connectivity index is 1.66. The largest absolute Gasteiger partial charge is 0.477 e. The molecule has 0 spiro atoms. The summed E-state index contributed by atoms with van der Waals surface area (Å²) in [6.45, 7) is 0.00813. The molecular weight excluding hydrogens is 446 g/mol. The highest BCUT2D eigenvalue weighted by atomic mass is 35.5. The summed E-state index contributed by atoms with van der Waals surface area (Å²) in [6.07, 6.45) is 0.185. The van der Waals surface area contributed by atoms with Gasteiger partial charge in [0.2, 0.25) is 0 Å². The predicted molar refractivity (Wildman–Crippen MR) is 112 cm³/mol. The maximum Gasteiger partial charge on any atom is 0.353 e. The standard InChI is InChI=1S/C20H19ClF2N6O3/c21-13-7-15(23)14(22)6-12(13)19(30)26-18-8-16(20(31)32)29(27-18)10-17(24)28(25)9-11-4-2-1-3-5-11/h1-8,18,24,27H,9-10,25H2,(H,26,30)(H,31,32). The molecule has 1 unspecified atom stereocenters. The van der Waals surface area contributed by atoms with E-state index in [1.165, 1.54) is 6.08 Å². The zero-order valence-corrected chi connectivity index (χ0v) is 17.2. The lowest BCUT2D eigenvalue weighted by atomic mass is 10.2. The highest BCUT2D eigenvalue weighted by Crippen LogP contribution is 2.20. The van der Waals surface area contributed by atoms with Crippen molar-refractivity contribution in [3.63, 3.8) is 0 Å². The molecule has 0 fully saturated rings. The molecule has 168 valence electrons. The molecule has 1 amide bonds. The molecule has 6 N–H and O–H groups in total. The highest BCUT2D eigenvalue weighted by molar-refractivity contribution is 6.33. The average Bonchev–Trinajstić information content (AvgIpc) is 3.13. The minimum Gasteiger partial charge on any atom is -0.477 e. The zero-order valence-electron chi connectivity index (χ0n) is 16.5. The Morgan fingerprint density at radius 2 is 1.91 bits per heavy atom. The van der Waals surface area contributed by atoms with Crippen LogP contribution in [0.5, 0.6) is 0 Å². The quantitative estimate of drug-likeness (QED) is 0.139. The first-order chi connectivity index (χ1) is 15.2. The minimum atomic E-state index is -1.31. The second kappa shape index (κ2) is 9.73. The number of nitrogens with two attached hydrogens (primary N) is 1. The number of hydrazine groups is 2. The molecule has 1 aliphatic heterocycles. The molecule has 32 heavy (non-hydrogen) atoms. The van der Waals surface area contributed by atoms with Gasteiger partial charge in [-0.25, -0.2) is 24.8 Å². The van der Waals surface area contributed by atoms with Gasteiger partial charge in [0.25, 0.3) is 5.91 Å². The second-order valence-corrected chi connectivity index (χ2v) is 7.24. The summed E-state index contributed by atoms with van der Waals surface area (Å²) < 4.78 is 26.7. The number of benzene rings is 2. The first-order valence-corrected chi connectivity index (χ1v) is 9.61. The lowest BCUT2D eigenvalue weighted by Crippen LogP contribution is -2.51. The van der Waals surface area contributed by atoms with Crippen molar-refractivity contribution in [1.29, 1.82) is 5.41 Å². The Kier molecular flexibility index (Phi) is 7.03. The summed E-state index contributed by atoms with van der Waals surface area (Å²) >= 11 is 5.80. The van der Waals surface area contributed by atoms with Crippen LogP contribution in [0, 0.1) is 17.0 Å². The van der Waals surface area contributed by atoms with Crippen LogP contribution in [0.3, 0.4) is 0 Å². The van der Waals surface area contributed by atoms with Gasteiger partial charge in [-0.05, 0) is 23.8 Å². The Labute approximate surface area is 186 Å². The third-order valence-electron chi connectivity index (χ3n) is 4.52. The highest BCUT2D eigenvalue weighted by Gasteiger charge is 2.30. The number of halogens is 3. The number of amides is 1. The van der Waals surface area contributed by atoms with Crippen molar-refractivity contribution in [2.75, 3.05) is 6.54 Å². The van der Waals surface area contributed by atoms with E-state index in [0.29, 0.717) is 12.1 Å². The maximum absolute atomic E-state index is 13.5. The van der Waals surface area contributed by atoms with Crippen LogP contribution in [0.4, 0.5) is 8.78 Å². The van der Waals surface area contributed by atoms with Gasteiger partial charge in [-0.2, -0.15) is 0 Å². The summed E-state index contributed by atoms with van der Waals surface area (Å²) in [5.74, 6) is 1.21. The van der Waals surface area contributed by atoms with E-state index in [4.69, 9.17) is 22.9 Å². The molecule has 12 heteroatoms. The summed E-state index contributed by atoms with van der Waals surface area (Å²) in [4.78, 5) is 24.0. The monoisotopic (exact) mass is 464 g/mol. The number of carbonyl (C=O) groups excluding carboxylic acids is 1. The van der Waals surface area contributed by atoms with Crippen molar-refractivity contribution in [3.8, 4) is 0 Å². The fourth-order valence-corrected chi connectivity index (χ4v) is 3.18. The topological polar surface area (TPSA) is 135 Å². The van der Waals surface area contributed by atoms with Crippen LogP contribution in [0.2, 0.25) is 5.02 Å². The van der Waals surface area contributed by atoms with Crippen LogP contribution < -0.4 is 16.6 Å². The van der Waals surface area contributed by atoms with Gasteiger partial charge in [-0.3, -0.25) is 20.2 Å². The molecule has 2 aromatic carbocycles. The van der Waals surface area contributed by atoms with Crippen LogP contribution >= 0.6 is 11.6 Å². The van der Waals surface area contributed by atoms with E-state index in [-0.39, 0.29) is 35.2 Å². The summed E-state index contributed by atoms with van der Waals surface area (Å²) in [5, 5.41) is 22.0. The zero-order chi connectivity index (χ0) is 23.4. The number of carboxylic acid groups (broad SMARTS) is 1. The molecule has 0 aliphatic carbocycles. The smallest absolute Gasteiger partial charge is 0.353 e. The van der Waals surface area contributed by atoms with Crippen molar-refractivity contribution in [1.82, 2.24) is 20.8 Å². The number of amidine groups is 1. The van der Waals surface area contributed by atoms with Crippen LogP contribution in [-0.4, -0.2) is 45.5 Å². The Morgan fingerprint density at radius 1 is 1.25 bits per heavy atom. The number of nitrogens with zero attached hydrogens (tertiary/aromatic N) is 2. The minimum absolute atomic E-state index is 0.0934. The first-order valence-electron chi connectivity index (χ1n) is 9.23. The fourth-order valence-electron chi connectivity index (χ4n) is 2.95. The molecule has 0 saturated heterocycles. The number of nitrogens with one attached hydrogen (secondary N) is 3. The van der Waals surface area contributed by atoms with Crippen LogP contribution in [0.1, 0.15) is 15.9 Å². The molecule has 0 bridgehead atoms. The van der Waals surface area contributed by atoms with Crippen molar-refractivity contribution < 1.29 is 23.5 Å². The van der Waals surface area contributed by atoms with Gasteiger partial charge in [0, 0.05) is 0 Å². The van der Waals surface area contributed by atoms with Crippen LogP contribution in [0.25, 0.3) is 0 Å². The number of carboxylic acids is 1. The number of carbonyl (C=O) groups is 2. The number of hydrogen-bond donors (Lipinski definition) is 5. The van der Waals surface area contributed by atoms with E-state index >= 15 is 0 Å². The SMILES string of the molecule is N=C(CN1NC(NC(=O)c2cc(F)c(F)cc2Cl)C=C1C(=O)O)N(N)Cc1ccccc1. The molecule has 0 aromatic heterocycles. The van der Waals surface area contributed by atoms with Crippen molar-refractivity contribution in [2.45, 2.75) is 12.7 Å². The van der Waals surface area contributed by atoms with Gasteiger partial charge in [0.15, 0.2) is 11.6 Å². The Morgan fingerprint density at radius 3 is 2.56 bits per heavy atom. The van der Waals surface area contributed by atoms with Crippen molar-refractivity contribution in [3.05, 3.63) is 82.0 Å². The van der Waals surface area contributed by atoms with Gasteiger partial charge in [0.05, 0.1) is 23.7 Å².